The smallest absolute Gasteiger partial charge is 0.280 e. The predicted octanol–water partition coefficient (Wildman–Crippen LogP) is 4.14. The minimum absolute atomic E-state index is 0.0553. The van der Waals surface area contributed by atoms with Crippen LogP contribution in [0.1, 0.15) is 73.5 Å². The molecule has 2 aliphatic heterocycles. The third kappa shape index (κ3) is 7.98. The van der Waals surface area contributed by atoms with Gasteiger partial charge in [0.25, 0.3) is 47.3 Å². The SMILES string of the molecule is O=C(N[C@@H](Cc1ccc(O)cc1)C(=O)NN1C(=O)c2cccc3cccc(c23)C1=O)c1cccc(C(=O)N[C@@H](Cc2ccc(O)cc2)C(=O)NN2C(=O)c3cccc4cccc(c34)C2=O)n1. The lowest BCUT2D eigenvalue weighted by atomic mass is 9.95. The molecule has 2 aliphatic rings. The zero-order chi connectivity index (χ0) is 46.2. The molecule has 9 rings (SSSR count). The lowest BCUT2D eigenvalue weighted by Crippen LogP contribution is -2.57. The Morgan fingerprint density at radius 3 is 1.11 bits per heavy atom. The van der Waals surface area contributed by atoms with Gasteiger partial charge in [-0.2, -0.15) is 10.0 Å². The van der Waals surface area contributed by atoms with Crippen molar-refractivity contribution in [2.75, 3.05) is 0 Å². The Morgan fingerprint density at radius 2 is 0.773 bits per heavy atom. The number of phenols is 2. The van der Waals surface area contributed by atoms with Crippen molar-refractivity contribution in [3.05, 3.63) is 184 Å². The Kier molecular flexibility index (Phi) is 10.9. The van der Waals surface area contributed by atoms with E-state index >= 15 is 0 Å². The summed E-state index contributed by atoms with van der Waals surface area (Å²) in [5.41, 5.74) is 5.75. The van der Waals surface area contributed by atoms with E-state index in [0.29, 0.717) is 42.7 Å². The molecule has 0 spiro atoms. The van der Waals surface area contributed by atoms with E-state index < -0.39 is 59.3 Å². The molecule has 17 heteroatoms. The molecule has 0 saturated heterocycles. The van der Waals surface area contributed by atoms with Crippen molar-refractivity contribution in [3.8, 4) is 11.5 Å². The maximum absolute atomic E-state index is 14.0. The topological polar surface area (TPSA) is 245 Å². The minimum Gasteiger partial charge on any atom is -0.508 e. The van der Waals surface area contributed by atoms with E-state index in [1.165, 1.54) is 91.0 Å². The van der Waals surface area contributed by atoms with Crippen LogP contribution < -0.4 is 21.5 Å². The number of carbonyl (C=O) groups is 8. The maximum atomic E-state index is 14.0. The first-order valence-corrected chi connectivity index (χ1v) is 20.4. The Labute approximate surface area is 373 Å². The molecule has 0 unspecified atom stereocenters. The second kappa shape index (κ2) is 17.1. The number of amides is 8. The first kappa shape index (κ1) is 42.1. The number of rotatable bonds is 12. The number of benzene rings is 6. The number of hydrogen-bond acceptors (Lipinski definition) is 11. The number of nitrogens with zero attached hydrogens (tertiary/aromatic N) is 3. The first-order chi connectivity index (χ1) is 31.8. The van der Waals surface area contributed by atoms with Gasteiger partial charge in [0.05, 0.1) is 22.3 Å². The van der Waals surface area contributed by atoms with Crippen molar-refractivity contribution in [1.82, 2.24) is 36.5 Å². The number of hydrogen-bond donors (Lipinski definition) is 6. The molecule has 8 amide bonds. The molecule has 0 bridgehead atoms. The summed E-state index contributed by atoms with van der Waals surface area (Å²) >= 11 is 0. The van der Waals surface area contributed by atoms with Crippen molar-refractivity contribution in [1.29, 1.82) is 0 Å². The van der Waals surface area contributed by atoms with Gasteiger partial charge in [0.1, 0.15) is 35.0 Å². The highest BCUT2D eigenvalue weighted by Gasteiger charge is 2.38. The first-order valence-electron chi connectivity index (χ1n) is 20.4. The van der Waals surface area contributed by atoms with Crippen LogP contribution in [-0.4, -0.2) is 84.6 Å². The normalized spacial score (nSPS) is 13.9. The van der Waals surface area contributed by atoms with Gasteiger partial charge in [-0.05, 0) is 82.6 Å². The second-order valence-corrected chi connectivity index (χ2v) is 15.5. The highest BCUT2D eigenvalue weighted by Crippen LogP contribution is 2.31. The van der Waals surface area contributed by atoms with Gasteiger partial charge in [-0.1, -0.05) is 78.9 Å². The second-order valence-electron chi connectivity index (χ2n) is 15.5. The molecule has 6 aromatic carbocycles. The van der Waals surface area contributed by atoms with Crippen LogP contribution >= 0.6 is 0 Å². The Morgan fingerprint density at radius 1 is 0.455 bits per heavy atom. The molecule has 0 saturated carbocycles. The highest BCUT2D eigenvalue weighted by molar-refractivity contribution is 6.27. The van der Waals surface area contributed by atoms with Crippen LogP contribution in [0.3, 0.4) is 0 Å². The molecule has 66 heavy (non-hydrogen) atoms. The fourth-order valence-corrected chi connectivity index (χ4v) is 7.95. The maximum Gasteiger partial charge on any atom is 0.280 e. The Bertz CT molecular complexity index is 2900. The zero-order valence-electron chi connectivity index (χ0n) is 34.4. The third-order valence-corrected chi connectivity index (χ3v) is 11.2. The number of aromatic hydroxyl groups is 2. The van der Waals surface area contributed by atoms with E-state index in [-0.39, 0.29) is 58.0 Å². The number of pyridine rings is 1. The molecule has 1 aromatic heterocycles. The molecule has 17 nitrogen and oxygen atoms in total. The van der Waals surface area contributed by atoms with Crippen molar-refractivity contribution in [2.24, 2.45) is 0 Å². The average Bonchev–Trinajstić information content (AvgIpc) is 3.33. The van der Waals surface area contributed by atoms with E-state index in [2.05, 4.69) is 26.5 Å². The van der Waals surface area contributed by atoms with Gasteiger partial charge >= 0.3 is 0 Å². The lowest BCUT2D eigenvalue weighted by Gasteiger charge is -2.29. The number of phenolic OH excluding ortho intramolecular Hbond substituents is 2. The van der Waals surface area contributed by atoms with Gasteiger partial charge in [-0.3, -0.25) is 49.2 Å². The van der Waals surface area contributed by atoms with Gasteiger partial charge in [0, 0.05) is 23.6 Å². The average molecular weight is 882 g/mol. The highest BCUT2D eigenvalue weighted by atomic mass is 16.3. The van der Waals surface area contributed by atoms with Crippen LogP contribution in [0.4, 0.5) is 0 Å². The van der Waals surface area contributed by atoms with Crippen molar-refractivity contribution >= 4 is 68.8 Å². The number of carbonyl (C=O) groups excluding carboxylic acids is 8. The van der Waals surface area contributed by atoms with Crippen LogP contribution in [0.15, 0.2) is 140 Å². The quantitative estimate of drug-likeness (QED) is 0.0953. The Hall–Kier alpha value is -9.25. The van der Waals surface area contributed by atoms with E-state index in [9.17, 15) is 48.6 Å². The molecule has 6 N–H and O–H groups in total. The fourth-order valence-electron chi connectivity index (χ4n) is 7.95. The van der Waals surface area contributed by atoms with Crippen molar-refractivity contribution in [2.45, 2.75) is 24.9 Å². The van der Waals surface area contributed by atoms with E-state index in [1.807, 2.05) is 0 Å². The number of hydrazine groups is 2. The molecule has 0 fully saturated rings. The van der Waals surface area contributed by atoms with E-state index in [1.54, 1.807) is 48.5 Å². The molecule has 0 radical (unpaired) electrons. The molecular formula is C49H35N7O10. The van der Waals surface area contributed by atoms with Gasteiger partial charge in [0.15, 0.2) is 0 Å². The monoisotopic (exact) mass is 881 g/mol. The van der Waals surface area contributed by atoms with Crippen LogP contribution in [0.25, 0.3) is 21.5 Å². The summed E-state index contributed by atoms with van der Waals surface area (Å²) in [7, 11) is 0. The summed E-state index contributed by atoms with van der Waals surface area (Å²) in [6.07, 6.45) is -0.367. The van der Waals surface area contributed by atoms with Crippen molar-refractivity contribution < 1.29 is 48.6 Å². The van der Waals surface area contributed by atoms with E-state index in [4.69, 9.17) is 0 Å². The molecule has 7 aromatic rings. The van der Waals surface area contributed by atoms with Gasteiger partial charge < -0.3 is 20.8 Å². The van der Waals surface area contributed by atoms with Crippen LogP contribution in [0.2, 0.25) is 0 Å². The molecule has 326 valence electrons. The summed E-state index contributed by atoms with van der Waals surface area (Å²) < 4.78 is 0. The van der Waals surface area contributed by atoms with E-state index in [0.717, 1.165) is 0 Å². The van der Waals surface area contributed by atoms with Gasteiger partial charge in [-0.15, -0.1) is 0 Å². The molecule has 3 heterocycles. The summed E-state index contributed by atoms with van der Waals surface area (Å²) in [4.78, 5) is 115. The van der Waals surface area contributed by atoms with Crippen LogP contribution in [0.5, 0.6) is 11.5 Å². The molecule has 0 aliphatic carbocycles. The molecule has 2 atom stereocenters. The predicted molar refractivity (Wildman–Crippen MR) is 236 cm³/mol. The summed E-state index contributed by atoms with van der Waals surface area (Å²) in [6, 6.07) is 32.3. The summed E-state index contributed by atoms with van der Waals surface area (Å²) in [6.45, 7) is 0. The van der Waals surface area contributed by atoms with Crippen LogP contribution in [0, 0.1) is 0 Å². The Balaban J connectivity index is 0.944. The fraction of sp³-hybridized carbons (Fsp3) is 0.0816. The third-order valence-electron chi connectivity index (χ3n) is 11.2. The lowest BCUT2D eigenvalue weighted by molar-refractivity contribution is -0.126. The standard InChI is InChI=1S/C49H35N7O10/c57-30-20-16-26(17-21-30)24-38(44(61)53-55-46(63)32-10-1-6-28-7-2-11-33(40(28)32)47(55)64)51-42(59)36-14-5-15-37(50-36)43(60)52-39(25-27-18-22-31(58)23-19-27)45(62)54-56-48(65)34-12-3-8-29-9-4-13-35(41(29)34)49(56)66/h1-23,38-39,57-58H,24-25H2,(H,51,59)(H,52,60)(H,53,61)(H,54,62)/t38-,39-/m0/s1. The van der Waals surface area contributed by atoms with Gasteiger partial charge in [0.2, 0.25) is 0 Å². The largest absolute Gasteiger partial charge is 0.508 e. The number of aromatic nitrogens is 1. The zero-order valence-corrected chi connectivity index (χ0v) is 34.4. The summed E-state index contributed by atoms with van der Waals surface area (Å²) in [5, 5.41) is 28.2. The number of nitrogens with one attached hydrogen (secondary N) is 4. The van der Waals surface area contributed by atoms with Gasteiger partial charge in [-0.25, -0.2) is 4.98 Å². The number of imide groups is 2. The van der Waals surface area contributed by atoms with Crippen molar-refractivity contribution in [3.63, 3.8) is 0 Å². The van der Waals surface area contributed by atoms with Crippen LogP contribution in [-0.2, 0) is 22.4 Å². The molecular weight excluding hydrogens is 847 g/mol. The minimum atomic E-state index is -1.45. The summed E-state index contributed by atoms with van der Waals surface area (Å²) in [5.74, 6) is -7.05.